The van der Waals surface area contributed by atoms with Crippen molar-refractivity contribution < 1.29 is 4.39 Å². The zero-order chi connectivity index (χ0) is 22.1. The molecule has 0 spiro atoms. The summed E-state index contributed by atoms with van der Waals surface area (Å²) in [5.41, 5.74) is 8.48. The normalized spacial score (nSPS) is 17.3. The molecule has 1 fully saturated rings. The maximum Gasteiger partial charge on any atom is 0.196 e. The van der Waals surface area contributed by atoms with Gasteiger partial charge in [0.15, 0.2) is 10.5 Å². The van der Waals surface area contributed by atoms with Gasteiger partial charge in [0.25, 0.3) is 0 Å². The van der Waals surface area contributed by atoms with Gasteiger partial charge in [-0.05, 0) is 38.7 Å². The molecular weight excluding hydrogens is 433 g/mol. The second-order valence-electron chi connectivity index (χ2n) is 8.21. The molecule has 0 aliphatic carbocycles. The minimum atomic E-state index is -0.302. The number of thioether (sulfide) groups is 1. The fourth-order valence-electron chi connectivity index (χ4n) is 4.22. The van der Waals surface area contributed by atoms with Crippen molar-refractivity contribution in [2.45, 2.75) is 24.8 Å². The van der Waals surface area contributed by atoms with Gasteiger partial charge < -0.3 is 25.4 Å². The molecule has 166 valence electrons. The SMILES string of the molecule is C/C(=C\c1cn2c3c(c(N4CCN(C)CC4)c(F)cc3c1=O)SCC2)CCNC(N)=S. The number of hydrogen-bond donors (Lipinski definition) is 2. The molecule has 6 nitrogen and oxygen atoms in total. The molecule has 2 aliphatic rings. The number of thiocarbonyl (C=S) groups is 1. The molecule has 2 aromatic rings. The number of likely N-dealkylation sites (N-methyl/N-ethyl adjacent to an activating group) is 1. The van der Waals surface area contributed by atoms with Crippen LogP contribution in [0.2, 0.25) is 0 Å². The number of nitrogens with two attached hydrogens (primary N) is 1. The van der Waals surface area contributed by atoms with Crippen molar-refractivity contribution in [2.75, 3.05) is 50.4 Å². The van der Waals surface area contributed by atoms with Crippen LogP contribution < -0.4 is 21.4 Å². The number of rotatable bonds is 5. The van der Waals surface area contributed by atoms with E-state index in [4.69, 9.17) is 18.0 Å². The summed E-state index contributed by atoms with van der Waals surface area (Å²) in [6.07, 6.45) is 4.52. The molecule has 2 aliphatic heterocycles. The van der Waals surface area contributed by atoms with Crippen molar-refractivity contribution in [3.8, 4) is 0 Å². The van der Waals surface area contributed by atoms with E-state index >= 15 is 4.39 Å². The molecule has 1 saturated heterocycles. The molecule has 31 heavy (non-hydrogen) atoms. The van der Waals surface area contributed by atoms with Crippen molar-refractivity contribution in [3.05, 3.63) is 39.4 Å². The largest absolute Gasteiger partial charge is 0.376 e. The number of nitrogens with zero attached hydrogens (tertiary/aromatic N) is 3. The maximum atomic E-state index is 15.4. The number of aryl methyl sites for hydroxylation is 1. The minimum Gasteiger partial charge on any atom is -0.376 e. The Morgan fingerprint density at radius 1 is 1.32 bits per heavy atom. The highest BCUT2D eigenvalue weighted by Crippen LogP contribution is 2.41. The lowest BCUT2D eigenvalue weighted by Gasteiger charge is -2.36. The quantitative estimate of drug-likeness (QED) is 0.664. The number of benzene rings is 1. The van der Waals surface area contributed by atoms with E-state index in [0.29, 0.717) is 29.6 Å². The second kappa shape index (κ2) is 9.18. The lowest BCUT2D eigenvalue weighted by atomic mass is 10.1. The third-order valence-electron chi connectivity index (χ3n) is 5.89. The fraction of sp³-hybridized carbons (Fsp3) is 0.455. The first kappa shape index (κ1) is 22.1. The average molecular weight is 462 g/mol. The summed E-state index contributed by atoms with van der Waals surface area (Å²) < 4.78 is 17.5. The highest BCUT2D eigenvalue weighted by Gasteiger charge is 2.27. The lowest BCUT2D eigenvalue weighted by molar-refractivity contribution is 0.311. The number of hydrogen-bond acceptors (Lipinski definition) is 5. The molecular formula is C22H28FN5OS2. The topological polar surface area (TPSA) is 66.5 Å². The van der Waals surface area contributed by atoms with Crippen LogP contribution in [0.25, 0.3) is 17.0 Å². The number of aromatic nitrogens is 1. The molecule has 3 heterocycles. The monoisotopic (exact) mass is 461 g/mol. The molecule has 9 heteroatoms. The van der Waals surface area contributed by atoms with Crippen LogP contribution in [0.3, 0.4) is 0 Å². The van der Waals surface area contributed by atoms with Crippen LogP contribution in [0, 0.1) is 5.82 Å². The first-order chi connectivity index (χ1) is 14.8. The minimum absolute atomic E-state index is 0.125. The molecule has 0 bridgehead atoms. The van der Waals surface area contributed by atoms with Crippen molar-refractivity contribution >= 4 is 51.8 Å². The molecule has 3 N–H and O–H groups in total. The van der Waals surface area contributed by atoms with Gasteiger partial charge in [-0.15, -0.1) is 11.8 Å². The van der Waals surface area contributed by atoms with Crippen LogP contribution in [-0.2, 0) is 6.54 Å². The van der Waals surface area contributed by atoms with Crippen LogP contribution in [-0.4, -0.2) is 60.1 Å². The zero-order valence-corrected chi connectivity index (χ0v) is 19.5. The van der Waals surface area contributed by atoms with Crippen LogP contribution in [0.5, 0.6) is 0 Å². The summed E-state index contributed by atoms with van der Waals surface area (Å²) in [6, 6.07) is 1.44. The predicted octanol–water partition coefficient (Wildman–Crippen LogP) is 2.62. The van der Waals surface area contributed by atoms with E-state index in [1.54, 1.807) is 11.8 Å². The van der Waals surface area contributed by atoms with Gasteiger partial charge in [-0.2, -0.15) is 0 Å². The van der Waals surface area contributed by atoms with Crippen LogP contribution in [0.4, 0.5) is 10.1 Å². The summed E-state index contributed by atoms with van der Waals surface area (Å²) in [7, 11) is 2.09. The van der Waals surface area contributed by atoms with E-state index in [9.17, 15) is 4.79 Å². The number of halogens is 1. The third-order valence-corrected chi connectivity index (χ3v) is 7.10. The van der Waals surface area contributed by atoms with E-state index < -0.39 is 0 Å². The Hall–Kier alpha value is -2.10. The van der Waals surface area contributed by atoms with Gasteiger partial charge in [-0.1, -0.05) is 11.6 Å². The van der Waals surface area contributed by atoms with Crippen molar-refractivity contribution in [3.63, 3.8) is 0 Å². The Kier molecular flexibility index (Phi) is 6.55. The van der Waals surface area contributed by atoms with Gasteiger partial charge in [0.1, 0.15) is 5.82 Å². The molecule has 0 amide bonds. The van der Waals surface area contributed by atoms with Crippen molar-refractivity contribution in [1.82, 2.24) is 14.8 Å². The molecule has 0 atom stereocenters. The molecule has 0 saturated carbocycles. The van der Waals surface area contributed by atoms with Crippen LogP contribution in [0.1, 0.15) is 18.9 Å². The number of pyridine rings is 1. The smallest absolute Gasteiger partial charge is 0.196 e. The highest BCUT2D eigenvalue weighted by atomic mass is 32.2. The Morgan fingerprint density at radius 3 is 2.77 bits per heavy atom. The maximum absolute atomic E-state index is 15.4. The summed E-state index contributed by atoms with van der Waals surface area (Å²) in [6.45, 7) is 6.77. The Balaban J connectivity index is 1.76. The molecule has 4 rings (SSSR count). The predicted molar refractivity (Wildman–Crippen MR) is 132 cm³/mol. The van der Waals surface area contributed by atoms with Crippen molar-refractivity contribution in [1.29, 1.82) is 0 Å². The lowest BCUT2D eigenvalue weighted by Crippen LogP contribution is -2.45. The molecule has 1 aromatic heterocycles. The molecule has 0 radical (unpaired) electrons. The fourth-order valence-corrected chi connectivity index (χ4v) is 5.54. The van der Waals surface area contributed by atoms with Gasteiger partial charge in [0, 0.05) is 56.8 Å². The van der Waals surface area contributed by atoms with Gasteiger partial charge in [-0.3, -0.25) is 4.79 Å². The van der Waals surface area contributed by atoms with E-state index in [1.165, 1.54) is 6.07 Å². The Morgan fingerprint density at radius 2 is 2.06 bits per heavy atom. The summed E-state index contributed by atoms with van der Waals surface area (Å²) in [5.74, 6) is 0.554. The second-order valence-corrected chi connectivity index (χ2v) is 9.75. The van der Waals surface area contributed by atoms with E-state index in [2.05, 4.69) is 26.7 Å². The Labute approximate surface area is 191 Å². The first-order valence-corrected chi connectivity index (χ1v) is 11.9. The van der Waals surface area contributed by atoms with Crippen LogP contribution in [0.15, 0.2) is 27.5 Å². The summed E-state index contributed by atoms with van der Waals surface area (Å²) >= 11 is 6.48. The summed E-state index contributed by atoms with van der Waals surface area (Å²) in [5, 5.41) is 3.64. The third kappa shape index (κ3) is 4.58. The molecule has 0 unspecified atom stereocenters. The summed E-state index contributed by atoms with van der Waals surface area (Å²) in [4.78, 5) is 18.5. The van der Waals surface area contributed by atoms with Crippen LogP contribution >= 0.6 is 24.0 Å². The van der Waals surface area contributed by atoms with Gasteiger partial charge in [0.2, 0.25) is 0 Å². The standard InChI is InChI=1S/C22H28FN5OS2/c1-14(3-4-25-22(24)30)11-15-13-28-9-10-31-21-18(28)16(20(15)29)12-17(23)19(21)27-7-5-26(2)6-8-27/h11-13H,3-10H2,1-2H3,(H3,24,25,30)/b14-11+. The Bertz CT molecular complexity index is 1110. The van der Waals surface area contributed by atoms with Crippen molar-refractivity contribution in [2.24, 2.45) is 5.73 Å². The zero-order valence-electron chi connectivity index (χ0n) is 17.9. The van der Waals surface area contributed by atoms with E-state index in [0.717, 1.165) is 54.5 Å². The van der Waals surface area contributed by atoms with E-state index in [1.807, 2.05) is 19.2 Å². The number of anilines is 1. The number of piperazine rings is 1. The average Bonchev–Trinajstić information content (AvgIpc) is 2.72. The van der Waals surface area contributed by atoms with E-state index in [-0.39, 0.29) is 16.4 Å². The molecule has 1 aromatic carbocycles. The highest BCUT2D eigenvalue weighted by molar-refractivity contribution is 7.99. The van der Waals surface area contributed by atoms with Gasteiger partial charge in [0.05, 0.1) is 21.5 Å². The van der Waals surface area contributed by atoms with Gasteiger partial charge >= 0.3 is 0 Å². The van der Waals surface area contributed by atoms with Gasteiger partial charge in [-0.25, -0.2) is 4.39 Å². The first-order valence-electron chi connectivity index (χ1n) is 10.5. The number of nitrogens with one attached hydrogen (secondary N) is 1.